The molecule has 1 aliphatic rings. The van der Waals surface area contributed by atoms with Crippen LogP contribution in [0.1, 0.15) is 47.8 Å². The zero-order valence-electron chi connectivity index (χ0n) is 17.2. The van der Waals surface area contributed by atoms with Crippen LogP contribution in [0.25, 0.3) is 0 Å². The number of anilines is 1. The van der Waals surface area contributed by atoms with Gasteiger partial charge in [-0.05, 0) is 65.6 Å². The fourth-order valence-electron chi connectivity index (χ4n) is 4.02. The second kappa shape index (κ2) is 8.73. The van der Waals surface area contributed by atoms with Crippen molar-refractivity contribution in [3.05, 3.63) is 58.1 Å². The second-order valence-electron chi connectivity index (χ2n) is 7.78. The van der Waals surface area contributed by atoms with Gasteiger partial charge in [0.1, 0.15) is 5.75 Å². The van der Waals surface area contributed by atoms with Gasteiger partial charge in [-0.2, -0.15) is 0 Å². The number of phenolic OH excluding ortho intramolecular Hbond substituents is 1. The third-order valence-corrected chi connectivity index (χ3v) is 6.11. The molecule has 3 rings (SSSR count). The predicted molar refractivity (Wildman–Crippen MR) is 116 cm³/mol. The van der Waals surface area contributed by atoms with Gasteiger partial charge in [-0.1, -0.05) is 32.0 Å². The summed E-state index contributed by atoms with van der Waals surface area (Å²) >= 11 is 0. The molecule has 0 amide bonds. The number of nitrogens with one attached hydrogen (secondary N) is 2. The van der Waals surface area contributed by atoms with Crippen molar-refractivity contribution in [2.45, 2.75) is 51.7 Å². The van der Waals surface area contributed by atoms with E-state index >= 15 is 0 Å². The lowest BCUT2D eigenvalue weighted by molar-refractivity contribution is 0.170. The van der Waals surface area contributed by atoms with E-state index < -0.39 is 16.1 Å². The van der Waals surface area contributed by atoms with E-state index in [1.165, 1.54) is 34.4 Å². The van der Waals surface area contributed by atoms with E-state index in [0.29, 0.717) is 12.1 Å². The van der Waals surface area contributed by atoms with Crippen molar-refractivity contribution in [2.24, 2.45) is 0 Å². The van der Waals surface area contributed by atoms with Gasteiger partial charge in [-0.15, -0.1) is 0 Å². The van der Waals surface area contributed by atoms with Crippen molar-refractivity contribution in [1.82, 2.24) is 5.32 Å². The SMILES string of the molecule is CCc1cc2c(cc1CC)CC(NCC(O)c1ccc(O)c(NS(C)(=O)=O)c1)C2. The number of phenols is 1. The van der Waals surface area contributed by atoms with Gasteiger partial charge < -0.3 is 15.5 Å². The molecule has 0 fully saturated rings. The Morgan fingerprint density at radius 2 is 1.66 bits per heavy atom. The molecule has 0 spiro atoms. The van der Waals surface area contributed by atoms with Gasteiger partial charge in [0, 0.05) is 12.6 Å². The summed E-state index contributed by atoms with van der Waals surface area (Å²) in [7, 11) is -3.52. The molecular weight excluding hydrogens is 388 g/mol. The van der Waals surface area contributed by atoms with Gasteiger partial charge in [-0.3, -0.25) is 4.72 Å². The average Bonchev–Trinajstić information content (AvgIpc) is 3.07. The Labute approximate surface area is 173 Å². The maximum atomic E-state index is 11.4. The van der Waals surface area contributed by atoms with Crippen LogP contribution in [0.4, 0.5) is 5.69 Å². The van der Waals surface area contributed by atoms with Gasteiger partial charge >= 0.3 is 0 Å². The van der Waals surface area contributed by atoms with Crippen molar-refractivity contribution in [3.63, 3.8) is 0 Å². The van der Waals surface area contributed by atoms with Crippen LogP contribution in [0.15, 0.2) is 30.3 Å². The Hall–Kier alpha value is -2.09. The summed E-state index contributed by atoms with van der Waals surface area (Å²) in [5.41, 5.74) is 6.21. The first-order valence-electron chi connectivity index (χ1n) is 10.1. The minimum absolute atomic E-state index is 0.0662. The Bertz CT molecular complexity index is 956. The van der Waals surface area contributed by atoms with E-state index in [-0.39, 0.29) is 17.5 Å². The van der Waals surface area contributed by atoms with Crippen molar-refractivity contribution in [1.29, 1.82) is 0 Å². The molecule has 0 saturated carbocycles. The molecule has 0 bridgehead atoms. The summed E-state index contributed by atoms with van der Waals surface area (Å²) in [6.07, 6.45) is 4.17. The molecule has 0 radical (unpaired) electrons. The lowest BCUT2D eigenvalue weighted by Gasteiger charge is -2.17. The first kappa shape index (κ1) is 21.6. The lowest BCUT2D eigenvalue weighted by Crippen LogP contribution is -2.33. The standard InChI is InChI=1S/C22H30N2O4S/c1-4-14-8-17-10-19(11-18(17)9-15(14)5-2)23-13-22(26)16-6-7-21(25)20(12-16)24-29(3,27)28/h6-9,12,19,22-26H,4-5,10-11,13H2,1-3H3. The van der Waals surface area contributed by atoms with Crippen LogP contribution in [0.2, 0.25) is 0 Å². The van der Waals surface area contributed by atoms with Crippen LogP contribution >= 0.6 is 0 Å². The normalized spacial score (nSPS) is 15.3. The Balaban J connectivity index is 1.64. The lowest BCUT2D eigenvalue weighted by atomic mass is 9.97. The molecule has 1 atom stereocenters. The number of aryl methyl sites for hydroxylation is 2. The molecule has 0 saturated heterocycles. The van der Waals surface area contributed by atoms with E-state index in [0.717, 1.165) is 31.9 Å². The topological polar surface area (TPSA) is 98.7 Å². The molecule has 1 unspecified atom stereocenters. The van der Waals surface area contributed by atoms with E-state index in [4.69, 9.17) is 0 Å². The summed E-state index contributed by atoms with van der Waals surface area (Å²) in [6, 6.07) is 9.37. The van der Waals surface area contributed by atoms with E-state index in [9.17, 15) is 18.6 Å². The fourth-order valence-corrected chi connectivity index (χ4v) is 4.58. The Morgan fingerprint density at radius 3 is 2.17 bits per heavy atom. The van der Waals surface area contributed by atoms with Crippen LogP contribution < -0.4 is 10.0 Å². The monoisotopic (exact) mass is 418 g/mol. The summed E-state index contributed by atoms with van der Waals surface area (Å²) in [6.45, 7) is 4.72. The quantitative estimate of drug-likeness (QED) is 0.494. The van der Waals surface area contributed by atoms with Crippen molar-refractivity contribution >= 4 is 15.7 Å². The molecule has 4 N–H and O–H groups in total. The number of hydrogen-bond acceptors (Lipinski definition) is 5. The second-order valence-corrected chi connectivity index (χ2v) is 9.53. The maximum Gasteiger partial charge on any atom is 0.229 e. The van der Waals surface area contributed by atoms with Crippen molar-refractivity contribution < 1.29 is 18.6 Å². The maximum absolute atomic E-state index is 11.4. The Kier molecular flexibility index (Phi) is 6.51. The summed E-state index contributed by atoms with van der Waals surface area (Å²) in [5.74, 6) is -0.177. The highest BCUT2D eigenvalue weighted by atomic mass is 32.2. The summed E-state index contributed by atoms with van der Waals surface area (Å²) in [5, 5.41) is 23.8. The first-order chi connectivity index (χ1) is 13.7. The number of aromatic hydroxyl groups is 1. The summed E-state index contributed by atoms with van der Waals surface area (Å²) in [4.78, 5) is 0. The number of sulfonamides is 1. The molecule has 0 aromatic heterocycles. The van der Waals surface area contributed by atoms with Crippen LogP contribution in [0, 0.1) is 0 Å². The van der Waals surface area contributed by atoms with Crippen LogP contribution in [0.5, 0.6) is 5.75 Å². The zero-order chi connectivity index (χ0) is 21.2. The highest BCUT2D eigenvalue weighted by Crippen LogP contribution is 2.29. The molecule has 7 heteroatoms. The van der Waals surface area contributed by atoms with Gasteiger partial charge in [0.05, 0.1) is 18.0 Å². The molecule has 6 nitrogen and oxygen atoms in total. The molecule has 158 valence electrons. The minimum Gasteiger partial charge on any atom is -0.506 e. The van der Waals surface area contributed by atoms with Crippen LogP contribution in [0.3, 0.4) is 0 Å². The van der Waals surface area contributed by atoms with E-state index in [2.05, 4.69) is 36.0 Å². The van der Waals surface area contributed by atoms with Crippen molar-refractivity contribution in [2.75, 3.05) is 17.5 Å². The fraction of sp³-hybridized carbons (Fsp3) is 0.455. The molecule has 1 aliphatic carbocycles. The smallest absolute Gasteiger partial charge is 0.229 e. The zero-order valence-corrected chi connectivity index (χ0v) is 18.0. The van der Waals surface area contributed by atoms with Gasteiger partial charge in [0.25, 0.3) is 0 Å². The summed E-state index contributed by atoms with van der Waals surface area (Å²) < 4.78 is 25.1. The third-order valence-electron chi connectivity index (χ3n) is 5.52. The third kappa shape index (κ3) is 5.29. The molecule has 2 aromatic carbocycles. The largest absolute Gasteiger partial charge is 0.506 e. The van der Waals surface area contributed by atoms with Gasteiger partial charge in [-0.25, -0.2) is 8.42 Å². The molecular formula is C22H30N2O4S. The average molecular weight is 419 g/mol. The van der Waals surface area contributed by atoms with E-state index in [1.54, 1.807) is 6.07 Å². The van der Waals surface area contributed by atoms with Crippen molar-refractivity contribution in [3.8, 4) is 5.75 Å². The van der Waals surface area contributed by atoms with Gasteiger partial charge in [0.2, 0.25) is 10.0 Å². The number of benzene rings is 2. The number of aliphatic hydroxyl groups excluding tert-OH is 1. The number of aliphatic hydroxyl groups is 1. The molecule has 2 aromatic rings. The number of rotatable bonds is 8. The number of hydrogen-bond donors (Lipinski definition) is 4. The van der Waals surface area contributed by atoms with E-state index in [1.807, 2.05) is 0 Å². The molecule has 0 heterocycles. The van der Waals surface area contributed by atoms with Gasteiger partial charge in [0.15, 0.2) is 0 Å². The van der Waals surface area contributed by atoms with Crippen LogP contribution in [-0.2, 0) is 35.7 Å². The highest BCUT2D eigenvalue weighted by molar-refractivity contribution is 7.92. The highest BCUT2D eigenvalue weighted by Gasteiger charge is 2.23. The number of fused-ring (bicyclic) bond motifs is 1. The molecule has 0 aliphatic heterocycles. The minimum atomic E-state index is -3.52. The Morgan fingerprint density at radius 1 is 1.07 bits per heavy atom. The van der Waals surface area contributed by atoms with Crippen LogP contribution in [-0.4, -0.2) is 37.5 Å². The predicted octanol–water partition coefficient (Wildman–Crippen LogP) is 2.68. The molecule has 29 heavy (non-hydrogen) atoms. The first-order valence-corrected chi connectivity index (χ1v) is 11.9.